The Bertz CT molecular complexity index is 1320. The van der Waals surface area contributed by atoms with Crippen molar-refractivity contribution in [1.82, 2.24) is 19.7 Å². The number of amides is 1. The van der Waals surface area contributed by atoms with Gasteiger partial charge in [-0.1, -0.05) is 11.6 Å². The van der Waals surface area contributed by atoms with Gasteiger partial charge in [0.2, 0.25) is 0 Å². The van der Waals surface area contributed by atoms with E-state index < -0.39 is 11.4 Å². The largest absolute Gasteiger partial charge is 0.485 e. The van der Waals surface area contributed by atoms with Gasteiger partial charge in [-0.15, -0.1) is 0 Å². The molecule has 0 aliphatic carbocycles. The van der Waals surface area contributed by atoms with Crippen molar-refractivity contribution < 1.29 is 18.7 Å². The minimum Gasteiger partial charge on any atom is -0.485 e. The van der Waals surface area contributed by atoms with Gasteiger partial charge in [0.1, 0.15) is 18.0 Å². The Kier molecular flexibility index (Phi) is 6.06. The average molecular weight is 514 g/mol. The van der Waals surface area contributed by atoms with Crippen LogP contribution in [-0.2, 0) is 23.3 Å². The number of likely N-dealkylation sites (tertiary alicyclic amines) is 1. The van der Waals surface area contributed by atoms with Gasteiger partial charge in [0.25, 0.3) is 0 Å². The van der Waals surface area contributed by atoms with Crippen LogP contribution < -0.4 is 10.5 Å². The average Bonchev–Trinajstić information content (AvgIpc) is 3.51. The van der Waals surface area contributed by atoms with Crippen molar-refractivity contribution in [2.75, 3.05) is 18.8 Å². The van der Waals surface area contributed by atoms with Gasteiger partial charge in [-0.25, -0.2) is 14.2 Å². The lowest BCUT2D eigenvalue weighted by molar-refractivity contribution is 0.0284. The summed E-state index contributed by atoms with van der Waals surface area (Å²) in [4.78, 5) is 18.7. The van der Waals surface area contributed by atoms with E-state index in [2.05, 4.69) is 11.1 Å². The van der Waals surface area contributed by atoms with Gasteiger partial charge in [-0.2, -0.15) is 5.10 Å². The normalized spacial score (nSPS) is 19.1. The molecule has 0 bridgehead atoms. The lowest BCUT2D eigenvalue weighted by atomic mass is 9.82. The molecule has 2 aromatic heterocycles. The minimum atomic E-state index is -0.528. The summed E-state index contributed by atoms with van der Waals surface area (Å²) in [5, 5.41) is 5.21. The highest BCUT2D eigenvalue weighted by Crippen LogP contribution is 2.44. The lowest BCUT2D eigenvalue weighted by Crippen LogP contribution is -2.37. The number of benzene rings is 1. The predicted molar refractivity (Wildman–Crippen MR) is 134 cm³/mol. The number of carbonyl (C=O) groups is 1. The van der Waals surface area contributed by atoms with E-state index in [-0.39, 0.29) is 23.9 Å². The van der Waals surface area contributed by atoms with Gasteiger partial charge in [-0.3, -0.25) is 4.68 Å². The maximum atomic E-state index is 13.6. The fourth-order valence-corrected chi connectivity index (χ4v) is 5.06. The number of ether oxygens (including phenoxy) is 2. The van der Waals surface area contributed by atoms with E-state index >= 15 is 0 Å². The van der Waals surface area contributed by atoms with Gasteiger partial charge in [0.15, 0.2) is 11.6 Å². The Morgan fingerprint density at radius 2 is 2.00 bits per heavy atom. The second-order valence-electron chi connectivity index (χ2n) is 10.5. The second-order valence-corrected chi connectivity index (χ2v) is 10.9. The zero-order valence-electron chi connectivity index (χ0n) is 20.6. The second kappa shape index (κ2) is 8.96. The summed E-state index contributed by atoms with van der Waals surface area (Å²) in [6, 6.07) is 7.96. The van der Waals surface area contributed by atoms with Gasteiger partial charge < -0.3 is 20.1 Å². The summed E-state index contributed by atoms with van der Waals surface area (Å²) in [6.45, 7) is 7.71. The predicted octanol–water partition coefficient (Wildman–Crippen LogP) is 5.18. The molecule has 5 rings (SSSR count). The standard InChI is InChI=1S/C26H29ClFN5O3/c1-25(2,3)36-24(34)32-8-6-26(15-32)7-9-33-22(26)12-20(31-33)16-11-21(23(29)30-13-16)35-14-17-10-18(28)4-5-19(17)27/h4-5,10-13H,6-9,14-15H2,1-3H3,(H2,29,30). The Balaban J connectivity index is 1.35. The number of pyridine rings is 1. The Morgan fingerprint density at radius 1 is 1.22 bits per heavy atom. The summed E-state index contributed by atoms with van der Waals surface area (Å²) in [5.41, 5.74) is 8.49. The Morgan fingerprint density at radius 3 is 2.78 bits per heavy atom. The highest BCUT2D eigenvalue weighted by molar-refractivity contribution is 6.31. The third kappa shape index (κ3) is 4.72. The number of carbonyl (C=O) groups excluding carboxylic acids is 1. The molecular formula is C26H29ClFN5O3. The molecule has 36 heavy (non-hydrogen) atoms. The topological polar surface area (TPSA) is 95.5 Å². The molecule has 3 aromatic rings. The fraction of sp³-hybridized carbons (Fsp3) is 0.423. The van der Waals surface area contributed by atoms with Crippen LogP contribution in [0, 0.1) is 5.82 Å². The first-order valence-electron chi connectivity index (χ1n) is 11.9. The van der Waals surface area contributed by atoms with Crippen molar-refractivity contribution in [2.45, 2.75) is 57.8 Å². The Labute approximate surface area is 214 Å². The zero-order chi connectivity index (χ0) is 25.7. The molecule has 1 fully saturated rings. The maximum absolute atomic E-state index is 13.6. The monoisotopic (exact) mass is 513 g/mol. The number of hydrogen-bond donors (Lipinski definition) is 1. The first kappa shape index (κ1) is 24.4. The molecule has 1 spiro atoms. The Hall–Kier alpha value is -3.33. The van der Waals surface area contributed by atoms with Gasteiger partial charge in [-0.05, 0) is 63.9 Å². The van der Waals surface area contributed by atoms with Crippen LogP contribution in [0.5, 0.6) is 5.75 Å². The van der Waals surface area contributed by atoms with E-state index in [4.69, 9.17) is 31.9 Å². The molecule has 2 N–H and O–H groups in total. The molecular weight excluding hydrogens is 485 g/mol. The number of fused-ring (bicyclic) bond motifs is 2. The number of hydrogen-bond acceptors (Lipinski definition) is 6. The van der Waals surface area contributed by atoms with Crippen LogP contribution >= 0.6 is 11.6 Å². The fourth-order valence-electron chi connectivity index (χ4n) is 4.89. The van der Waals surface area contributed by atoms with Crippen LogP contribution in [0.25, 0.3) is 11.3 Å². The number of aromatic nitrogens is 3. The van der Waals surface area contributed by atoms with E-state index in [0.717, 1.165) is 36.3 Å². The molecule has 1 amide bonds. The highest BCUT2D eigenvalue weighted by Gasteiger charge is 2.47. The summed E-state index contributed by atoms with van der Waals surface area (Å²) >= 11 is 6.15. The summed E-state index contributed by atoms with van der Waals surface area (Å²) in [6.07, 6.45) is 3.17. The SMILES string of the molecule is CC(C)(C)OC(=O)N1CCC2(CCn3nc(-c4cnc(N)c(OCc5cc(F)ccc5Cl)c4)cc32)C1. The lowest BCUT2D eigenvalue weighted by Gasteiger charge is -2.26. The van der Waals surface area contributed by atoms with Crippen LogP contribution in [0.1, 0.15) is 44.9 Å². The van der Waals surface area contributed by atoms with Crippen molar-refractivity contribution >= 4 is 23.5 Å². The first-order valence-corrected chi connectivity index (χ1v) is 12.3. The first-order chi connectivity index (χ1) is 17.0. The molecule has 0 radical (unpaired) electrons. The third-order valence-corrected chi connectivity index (χ3v) is 7.07. The van der Waals surface area contributed by atoms with E-state index in [1.54, 1.807) is 17.2 Å². The maximum Gasteiger partial charge on any atom is 0.410 e. The van der Waals surface area contributed by atoms with Crippen molar-refractivity contribution in [1.29, 1.82) is 0 Å². The van der Waals surface area contributed by atoms with Crippen molar-refractivity contribution in [3.05, 3.63) is 58.6 Å². The molecule has 2 aliphatic heterocycles. The number of nitrogens with zero attached hydrogens (tertiary/aromatic N) is 4. The van der Waals surface area contributed by atoms with Crippen LogP contribution in [0.4, 0.5) is 15.0 Å². The number of rotatable bonds is 4. The molecule has 1 saturated heterocycles. The molecule has 4 heterocycles. The smallest absolute Gasteiger partial charge is 0.410 e. The van der Waals surface area contributed by atoms with Crippen LogP contribution in [-0.4, -0.2) is 44.4 Å². The number of halogens is 2. The van der Waals surface area contributed by atoms with Gasteiger partial charge >= 0.3 is 6.09 Å². The summed E-state index contributed by atoms with van der Waals surface area (Å²) in [7, 11) is 0. The van der Waals surface area contributed by atoms with Crippen molar-refractivity contribution in [3.63, 3.8) is 0 Å². The molecule has 1 aromatic carbocycles. The molecule has 1 atom stereocenters. The van der Waals surface area contributed by atoms with E-state index in [1.807, 2.05) is 25.5 Å². The van der Waals surface area contributed by atoms with Crippen LogP contribution in [0.15, 0.2) is 36.5 Å². The molecule has 8 nitrogen and oxygen atoms in total. The van der Waals surface area contributed by atoms with E-state index in [1.165, 1.54) is 18.2 Å². The van der Waals surface area contributed by atoms with Crippen LogP contribution in [0.3, 0.4) is 0 Å². The van der Waals surface area contributed by atoms with Crippen molar-refractivity contribution in [2.24, 2.45) is 0 Å². The van der Waals surface area contributed by atoms with Gasteiger partial charge in [0, 0.05) is 53.1 Å². The highest BCUT2D eigenvalue weighted by atomic mass is 35.5. The van der Waals surface area contributed by atoms with E-state index in [9.17, 15) is 9.18 Å². The number of nitrogen functional groups attached to an aromatic ring is 1. The quantitative estimate of drug-likeness (QED) is 0.516. The van der Waals surface area contributed by atoms with Gasteiger partial charge in [0.05, 0.1) is 5.69 Å². The number of aryl methyl sites for hydroxylation is 1. The molecule has 1 unspecified atom stereocenters. The molecule has 190 valence electrons. The zero-order valence-corrected chi connectivity index (χ0v) is 21.3. The summed E-state index contributed by atoms with van der Waals surface area (Å²) < 4.78 is 27.0. The molecule has 0 saturated carbocycles. The number of nitrogens with two attached hydrogens (primary N) is 1. The summed E-state index contributed by atoms with van der Waals surface area (Å²) in [5.74, 6) is 0.197. The number of anilines is 1. The molecule has 2 aliphatic rings. The van der Waals surface area contributed by atoms with Crippen molar-refractivity contribution in [3.8, 4) is 17.0 Å². The van der Waals surface area contributed by atoms with E-state index in [0.29, 0.717) is 29.4 Å². The third-order valence-electron chi connectivity index (χ3n) is 6.70. The van der Waals surface area contributed by atoms with Crippen LogP contribution in [0.2, 0.25) is 5.02 Å². The molecule has 10 heteroatoms. The minimum absolute atomic E-state index is 0.0508.